The van der Waals surface area contributed by atoms with E-state index in [1.165, 1.54) is 6.20 Å². The summed E-state index contributed by atoms with van der Waals surface area (Å²) in [5.41, 5.74) is 5.92. The Morgan fingerprint density at radius 1 is 1.04 bits per heavy atom. The molecule has 2 N–H and O–H groups in total. The van der Waals surface area contributed by atoms with Crippen LogP contribution < -0.4 is 24.3 Å². The van der Waals surface area contributed by atoms with Gasteiger partial charge >= 0.3 is 0 Å². The minimum atomic E-state index is -4.17. The van der Waals surface area contributed by atoms with Gasteiger partial charge in [-0.3, -0.25) is 14.4 Å². The van der Waals surface area contributed by atoms with Crippen molar-refractivity contribution in [1.82, 2.24) is 15.2 Å². The van der Waals surface area contributed by atoms with Crippen LogP contribution in [0.25, 0.3) is 11.1 Å². The number of halogens is 1. The zero-order valence-electron chi connectivity index (χ0n) is 27.0. The summed E-state index contributed by atoms with van der Waals surface area (Å²) in [6.45, 7) is 5.41. The number of benzene rings is 3. The molecule has 13 heteroatoms. The number of hydrogen-bond donors (Lipinski definition) is 2. The number of rotatable bonds is 13. The second kappa shape index (κ2) is 15.4. The molecule has 0 spiro atoms. The van der Waals surface area contributed by atoms with E-state index >= 15 is 0 Å². The molecule has 0 saturated carbocycles. The molecule has 6 rings (SSSR count). The van der Waals surface area contributed by atoms with Crippen molar-refractivity contribution in [3.63, 3.8) is 0 Å². The second-order valence-corrected chi connectivity index (χ2v) is 14.0. The van der Waals surface area contributed by atoms with E-state index in [1.54, 1.807) is 24.4 Å². The van der Waals surface area contributed by atoms with Crippen LogP contribution in [0.4, 0.5) is 0 Å². The van der Waals surface area contributed by atoms with Crippen LogP contribution in [0.5, 0.6) is 23.0 Å². The van der Waals surface area contributed by atoms with Gasteiger partial charge < -0.3 is 24.3 Å². The first kappa shape index (κ1) is 34.5. The fourth-order valence-corrected chi connectivity index (χ4v) is 6.75. The highest BCUT2D eigenvalue weighted by Crippen LogP contribution is 2.38. The van der Waals surface area contributed by atoms with Gasteiger partial charge in [0.1, 0.15) is 44.0 Å². The third kappa shape index (κ3) is 8.81. The highest BCUT2D eigenvalue weighted by Gasteiger charge is 2.26. The lowest BCUT2D eigenvalue weighted by Crippen LogP contribution is -2.39. The Labute approximate surface area is 291 Å². The highest BCUT2D eigenvalue weighted by molar-refractivity contribution is 7.85. The van der Waals surface area contributed by atoms with E-state index in [2.05, 4.69) is 22.4 Å². The Balaban J connectivity index is 1.26. The average Bonchev–Trinajstić information content (AvgIpc) is 3.64. The summed E-state index contributed by atoms with van der Waals surface area (Å²) in [6.07, 6.45) is 3.94. The zero-order valence-corrected chi connectivity index (χ0v) is 28.6. The molecule has 1 atom stereocenters. The second-order valence-electron chi connectivity index (χ2n) is 12.0. The highest BCUT2D eigenvalue weighted by atomic mass is 35.5. The predicted octanol–water partition coefficient (Wildman–Crippen LogP) is 5.56. The van der Waals surface area contributed by atoms with Gasteiger partial charge in [0.05, 0.1) is 16.3 Å². The fraction of sp³-hybridized carbons (Fsp3) is 0.333. The Kier molecular flexibility index (Phi) is 10.9. The summed E-state index contributed by atoms with van der Waals surface area (Å²) >= 11 is 6.83. The first-order chi connectivity index (χ1) is 23.7. The van der Waals surface area contributed by atoms with Gasteiger partial charge in [0.25, 0.3) is 10.1 Å². The Morgan fingerprint density at radius 3 is 2.63 bits per heavy atom. The monoisotopic (exact) mass is 704 g/mol. The van der Waals surface area contributed by atoms with E-state index in [4.69, 9.17) is 30.5 Å². The maximum atomic E-state index is 11.7. The molecule has 2 aliphatic rings. The molecule has 3 heterocycles. The Bertz CT molecular complexity index is 1960. The minimum Gasteiger partial charge on any atom is -0.488 e. The van der Waals surface area contributed by atoms with Crippen LogP contribution >= 0.6 is 11.6 Å². The van der Waals surface area contributed by atoms with E-state index in [0.29, 0.717) is 54.0 Å². The van der Waals surface area contributed by atoms with E-state index in [0.717, 1.165) is 52.3 Å². The number of ether oxygens (including phenoxy) is 4. The maximum absolute atomic E-state index is 11.7. The molecular formula is C36H37ClN4O7S. The molecule has 11 nitrogen and oxygen atoms in total. The Morgan fingerprint density at radius 2 is 1.86 bits per heavy atom. The topological polar surface area (TPSA) is 143 Å². The number of pyridine rings is 1. The summed E-state index contributed by atoms with van der Waals surface area (Å²) in [4.78, 5) is 6.15. The molecular weight excluding hydrogens is 668 g/mol. The lowest BCUT2D eigenvalue weighted by molar-refractivity contribution is 0.171. The molecule has 1 saturated heterocycles. The number of hydrogen-bond acceptors (Lipinski definition) is 10. The number of nitriles is 1. The predicted molar refractivity (Wildman–Crippen MR) is 185 cm³/mol. The van der Waals surface area contributed by atoms with Crippen molar-refractivity contribution in [2.24, 2.45) is 0 Å². The maximum Gasteiger partial charge on any atom is 0.266 e. The normalized spacial score (nSPS) is 15.6. The molecule has 256 valence electrons. The van der Waals surface area contributed by atoms with Crippen LogP contribution in [-0.4, -0.2) is 67.5 Å². The molecule has 2 aliphatic heterocycles. The number of fused-ring (bicyclic) bond motifs is 1. The summed E-state index contributed by atoms with van der Waals surface area (Å²) in [5.74, 6) is 1.97. The van der Waals surface area contributed by atoms with E-state index in [9.17, 15) is 18.2 Å². The van der Waals surface area contributed by atoms with Gasteiger partial charge in [0.2, 0.25) is 0 Å². The van der Waals surface area contributed by atoms with Crippen molar-refractivity contribution in [3.05, 3.63) is 99.8 Å². The lowest BCUT2D eigenvalue weighted by atomic mass is 9.96. The molecule has 3 aromatic carbocycles. The van der Waals surface area contributed by atoms with Crippen LogP contribution in [0.15, 0.2) is 67.0 Å². The smallest absolute Gasteiger partial charge is 0.266 e. The number of nitrogens with zero attached hydrogens (tertiary/aromatic N) is 3. The van der Waals surface area contributed by atoms with Crippen LogP contribution in [0, 0.1) is 18.3 Å². The van der Waals surface area contributed by atoms with Crippen LogP contribution in [0.1, 0.15) is 34.2 Å². The number of aromatic nitrogens is 1. The molecule has 1 aromatic heterocycles. The van der Waals surface area contributed by atoms with Gasteiger partial charge in [-0.15, -0.1) is 0 Å². The van der Waals surface area contributed by atoms with Gasteiger partial charge in [-0.2, -0.15) is 13.7 Å². The largest absolute Gasteiger partial charge is 0.488 e. The van der Waals surface area contributed by atoms with Crippen molar-refractivity contribution < 1.29 is 31.9 Å². The Hall–Kier alpha value is -4.38. The third-order valence-corrected chi connectivity index (χ3v) is 9.67. The van der Waals surface area contributed by atoms with Gasteiger partial charge in [-0.1, -0.05) is 35.9 Å². The summed E-state index contributed by atoms with van der Waals surface area (Å²) in [5, 5.41) is 13.0. The summed E-state index contributed by atoms with van der Waals surface area (Å²) in [6, 6.07) is 19.4. The van der Waals surface area contributed by atoms with Crippen molar-refractivity contribution >= 4 is 21.7 Å². The molecule has 4 aromatic rings. The van der Waals surface area contributed by atoms with Crippen molar-refractivity contribution in [2.45, 2.75) is 39.1 Å². The van der Waals surface area contributed by atoms with Gasteiger partial charge in [0.15, 0.2) is 11.5 Å². The lowest BCUT2D eigenvalue weighted by Gasteiger charge is -2.29. The quantitative estimate of drug-likeness (QED) is 0.169. The minimum absolute atomic E-state index is 0.0604. The average molecular weight is 705 g/mol. The molecule has 1 fully saturated rings. The van der Waals surface area contributed by atoms with Gasteiger partial charge in [-0.05, 0) is 66.4 Å². The van der Waals surface area contributed by atoms with Crippen molar-refractivity contribution in [1.29, 1.82) is 5.26 Å². The molecule has 49 heavy (non-hydrogen) atoms. The zero-order chi connectivity index (χ0) is 34.4. The molecule has 0 radical (unpaired) electrons. The molecule has 0 amide bonds. The molecule has 0 bridgehead atoms. The molecule has 0 unspecified atom stereocenters. The first-order valence-electron chi connectivity index (χ1n) is 16.0. The standard InChI is InChI=1S/C36H37ClN4O7S/c1-24-28(3-2-4-31(24)27-5-6-33-36(15-27)46-11-10-45-33)23-48-35-16-34(47-22-26-13-25(17-38)18-40-19-26)29(14-32(35)37)21-41(9-12-49(42,43)44)30-7-8-39-20-30/h2-6,13-16,18-19,30,39H,7-12,20-23H2,1H3,(H,42,43,44)/t30-/m1/s1. The van der Waals surface area contributed by atoms with Gasteiger partial charge in [-0.25, -0.2) is 0 Å². The van der Waals surface area contributed by atoms with E-state index in [-0.39, 0.29) is 25.8 Å². The summed E-state index contributed by atoms with van der Waals surface area (Å²) in [7, 11) is -4.17. The molecule has 0 aliphatic carbocycles. The van der Waals surface area contributed by atoms with Crippen LogP contribution in [-0.2, 0) is 29.9 Å². The third-order valence-electron chi connectivity index (χ3n) is 8.68. The number of nitrogens with one attached hydrogen (secondary N) is 1. The first-order valence-corrected chi connectivity index (χ1v) is 18.0. The van der Waals surface area contributed by atoms with Crippen LogP contribution in [0.2, 0.25) is 5.02 Å². The van der Waals surface area contributed by atoms with Gasteiger partial charge in [0, 0.05) is 55.3 Å². The van der Waals surface area contributed by atoms with E-state index in [1.807, 2.05) is 42.2 Å². The van der Waals surface area contributed by atoms with E-state index < -0.39 is 15.9 Å². The summed E-state index contributed by atoms with van der Waals surface area (Å²) < 4.78 is 56.9. The SMILES string of the molecule is Cc1c(COc2cc(OCc3cncc(C#N)c3)c(CN(CCS(=O)(=O)O)[C@@H]3CCNC3)cc2Cl)cccc1-c1ccc2c(c1)OCCO2. The van der Waals surface area contributed by atoms with Crippen molar-refractivity contribution in [2.75, 3.05) is 38.6 Å². The van der Waals surface area contributed by atoms with Crippen molar-refractivity contribution in [3.8, 4) is 40.2 Å². The fourth-order valence-electron chi connectivity index (χ4n) is 6.05. The van der Waals surface area contributed by atoms with Crippen LogP contribution in [0.3, 0.4) is 0 Å².